The molecule has 1 nitrogen and oxygen atoms in total. The largest absolute Gasteiger partial charge is 0.383 e. The molecule has 0 unspecified atom stereocenters. The van der Waals surface area contributed by atoms with Crippen molar-refractivity contribution in [2.45, 2.75) is 0 Å². The molecular weight excluding hydrogens is 153 g/mol. The third-order valence-corrected chi connectivity index (χ3v) is 1.44. The Morgan fingerprint density at radius 2 is 1.75 bits per heavy atom. The van der Waals surface area contributed by atoms with Gasteiger partial charge in [-0.05, 0) is 30.0 Å². The Labute approximate surface area is 72.1 Å². The molecule has 0 aliphatic rings. The van der Waals surface area contributed by atoms with Gasteiger partial charge in [0.25, 0.3) is 0 Å². The first-order valence-electron chi connectivity index (χ1n) is 3.78. The van der Waals surface area contributed by atoms with Crippen molar-refractivity contribution in [1.29, 1.82) is 0 Å². The molecule has 0 radical (unpaired) electrons. The molecule has 1 rings (SSSR count). The summed E-state index contributed by atoms with van der Waals surface area (Å²) >= 11 is 0. The van der Waals surface area contributed by atoms with E-state index in [4.69, 9.17) is 0 Å². The molecule has 0 N–H and O–H groups in total. The highest BCUT2D eigenvalue weighted by atomic mass is 19.1. The van der Waals surface area contributed by atoms with Crippen molar-refractivity contribution in [2.24, 2.45) is 0 Å². The Hall–Kier alpha value is -1.31. The van der Waals surface area contributed by atoms with Crippen LogP contribution in [0.2, 0.25) is 0 Å². The van der Waals surface area contributed by atoms with E-state index in [1.807, 2.05) is 31.3 Å². The maximum absolute atomic E-state index is 12.5. The first kappa shape index (κ1) is 8.78. The van der Waals surface area contributed by atoms with E-state index < -0.39 is 0 Å². The molecule has 0 bridgehead atoms. The molecule has 0 amide bonds. The molecule has 0 fully saturated rings. The van der Waals surface area contributed by atoms with E-state index in [1.165, 1.54) is 12.1 Å². The number of rotatable bonds is 2. The van der Waals surface area contributed by atoms with E-state index in [1.54, 1.807) is 12.1 Å². The van der Waals surface area contributed by atoms with Gasteiger partial charge in [-0.15, -0.1) is 0 Å². The maximum Gasteiger partial charge on any atom is 0.123 e. The van der Waals surface area contributed by atoms with Gasteiger partial charge in [0.05, 0.1) is 0 Å². The van der Waals surface area contributed by atoms with E-state index in [-0.39, 0.29) is 5.82 Å². The van der Waals surface area contributed by atoms with Crippen LogP contribution in [0.25, 0.3) is 6.08 Å². The third-order valence-electron chi connectivity index (χ3n) is 1.44. The van der Waals surface area contributed by atoms with Gasteiger partial charge in [-0.1, -0.05) is 12.1 Å². The zero-order valence-electron chi connectivity index (χ0n) is 7.29. The third kappa shape index (κ3) is 2.74. The molecule has 1 aromatic rings. The van der Waals surface area contributed by atoms with Crippen LogP contribution in [0.5, 0.6) is 0 Å². The van der Waals surface area contributed by atoms with Gasteiger partial charge in [0.2, 0.25) is 0 Å². The smallest absolute Gasteiger partial charge is 0.123 e. The van der Waals surface area contributed by atoms with E-state index in [0.29, 0.717) is 0 Å². The van der Waals surface area contributed by atoms with Gasteiger partial charge < -0.3 is 4.90 Å². The fourth-order valence-electron chi connectivity index (χ4n) is 0.809. The lowest BCUT2D eigenvalue weighted by molar-refractivity contribution is 0.567. The molecule has 0 heterocycles. The van der Waals surface area contributed by atoms with Crippen LogP contribution in [0.3, 0.4) is 0 Å². The Morgan fingerprint density at radius 3 is 2.25 bits per heavy atom. The van der Waals surface area contributed by atoms with Crippen molar-refractivity contribution < 1.29 is 4.39 Å². The number of halogens is 1. The summed E-state index contributed by atoms with van der Waals surface area (Å²) in [6.45, 7) is 0. The van der Waals surface area contributed by atoms with Gasteiger partial charge in [-0.3, -0.25) is 0 Å². The molecule has 0 spiro atoms. The van der Waals surface area contributed by atoms with Crippen molar-refractivity contribution in [3.8, 4) is 0 Å². The predicted molar refractivity (Wildman–Crippen MR) is 49.1 cm³/mol. The normalized spacial score (nSPS) is 10.6. The van der Waals surface area contributed by atoms with Crippen LogP contribution >= 0.6 is 0 Å². The van der Waals surface area contributed by atoms with Gasteiger partial charge >= 0.3 is 0 Å². The van der Waals surface area contributed by atoms with E-state index >= 15 is 0 Å². The summed E-state index contributed by atoms with van der Waals surface area (Å²) in [5.41, 5.74) is 1.00. The fourth-order valence-corrected chi connectivity index (χ4v) is 0.809. The lowest BCUT2D eigenvalue weighted by atomic mass is 10.2. The van der Waals surface area contributed by atoms with Crippen LogP contribution in [-0.2, 0) is 0 Å². The standard InChI is InChI=1S/C10H12FN/c1-12(2)8-7-9-3-5-10(11)6-4-9/h3-8H,1-2H3. The fraction of sp³-hybridized carbons (Fsp3) is 0.200. The molecule has 0 aliphatic carbocycles. The number of nitrogens with zero attached hydrogens (tertiary/aromatic N) is 1. The van der Waals surface area contributed by atoms with Crippen LogP contribution in [0.1, 0.15) is 5.56 Å². The van der Waals surface area contributed by atoms with Gasteiger partial charge in [0, 0.05) is 14.1 Å². The second kappa shape index (κ2) is 3.90. The minimum absolute atomic E-state index is 0.197. The highest BCUT2D eigenvalue weighted by Gasteiger charge is 1.88. The summed E-state index contributed by atoms with van der Waals surface area (Å²) in [5.74, 6) is -0.197. The monoisotopic (exact) mass is 165 g/mol. The Bertz CT molecular complexity index is 262. The van der Waals surface area contributed by atoms with Crippen molar-refractivity contribution in [1.82, 2.24) is 4.90 Å². The summed E-state index contributed by atoms with van der Waals surface area (Å²) in [4.78, 5) is 1.93. The van der Waals surface area contributed by atoms with Crippen LogP contribution in [0.15, 0.2) is 30.5 Å². The Morgan fingerprint density at radius 1 is 1.17 bits per heavy atom. The summed E-state index contributed by atoms with van der Waals surface area (Å²) in [6.07, 6.45) is 3.85. The van der Waals surface area contributed by atoms with E-state index in [9.17, 15) is 4.39 Å². The van der Waals surface area contributed by atoms with Gasteiger partial charge in [-0.25, -0.2) is 4.39 Å². The zero-order valence-corrected chi connectivity index (χ0v) is 7.29. The zero-order chi connectivity index (χ0) is 8.97. The van der Waals surface area contributed by atoms with Crippen LogP contribution in [0.4, 0.5) is 4.39 Å². The first-order chi connectivity index (χ1) is 5.68. The van der Waals surface area contributed by atoms with Gasteiger partial charge in [0.15, 0.2) is 0 Å². The van der Waals surface area contributed by atoms with Gasteiger partial charge in [-0.2, -0.15) is 0 Å². The summed E-state index contributed by atoms with van der Waals surface area (Å²) in [6, 6.07) is 6.40. The minimum Gasteiger partial charge on any atom is -0.383 e. The number of hydrogen-bond acceptors (Lipinski definition) is 1. The highest BCUT2D eigenvalue weighted by molar-refractivity contribution is 5.48. The lowest BCUT2D eigenvalue weighted by Gasteiger charge is -2.02. The van der Waals surface area contributed by atoms with Crippen molar-refractivity contribution in [3.63, 3.8) is 0 Å². The summed E-state index contributed by atoms with van der Waals surface area (Å²) in [7, 11) is 3.89. The van der Waals surface area contributed by atoms with Crippen LogP contribution < -0.4 is 0 Å². The molecule has 0 aliphatic heterocycles. The molecule has 0 aromatic heterocycles. The molecule has 12 heavy (non-hydrogen) atoms. The van der Waals surface area contributed by atoms with Crippen LogP contribution in [0, 0.1) is 5.82 Å². The quantitative estimate of drug-likeness (QED) is 0.650. The molecule has 1 aromatic carbocycles. The van der Waals surface area contributed by atoms with Crippen molar-refractivity contribution >= 4 is 6.08 Å². The van der Waals surface area contributed by atoms with Gasteiger partial charge in [0.1, 0.15) is 5.82 Å². The maximum atomic E-state index is 12.5. The van der Waals surface area contributed by atoms with Crippen molar-refractivity contribution in [2.75, 3.05) is 14.1 Å². The summed E-state index contributed by atoms with van der Waals surface area (Å²) < 4.78 is 12.5. The number of hydrogen-bond donors (Lipinski definition) is 0. The molecule has 0 saturated carbocycles. The SMILES string of the molecule is CN(C)C=Cc1ccc(F)cc1. The van der Waals surface area contributed by atoms with Crippen molar-refractivity contribution in [3.05, 3.63) is 41.8 Å². The minimum atomic E-state index is -0.197. The molecule has 0 atom stereocenters. The van der Waals surface area contributed by atoms with E-state index in [0.717, 1.165) is 5.56 Å². The molecule has 64 valence electrons. The first-order valence-corrected chi connectivity index (χ1v) is 3.78. The average Bonchev–Trinajstić information content (AvgIpc) is 2.03. The topological polar surface area (TPSA) is 3.24 Å². The van der Waals surface area contributed by atoms with Crippen LogP contribution in [-0.4, -0.2) is 19.0 Å². The number of benzene rings is 1. The lowest BCUT2D eigenvalue weighted by Crippen LogP contribution is -1.99. The molecule has 0 saturated heterocycles. The highest BCUT2D eigenvalue weighted by Crippen LogP contribution is 2.04. The molecule has 2 heteroatoms. The summed E-state index contributed by atoms with van der Waals surface area (Å²) in [5, 5.41) is 0. The second-order valence-electron chi connectivity index (χ2n) is 2.83. The average molecular weight is 165 g/mol. The second-order valence-corrected chi connectivity index (χ2v) is 2.83. The van der Waals surface area contributed by atoms with E-state index in [2.05, 4.69) is 0 Å². The molecular formula is C10H12FN. The Balaban J connectivity index is 2.71. The predicted octanol–water partition coefficient (Wildman–Crippen LogP) is 2.36. The Kier molecular flexibility index (Phi) is 2.86.